The average Bonchev–Trinajstić information content (AvgIpc) is 3.10. The number of carbonyl (C=O) groups is 3. The summed E-state index contributed by atoms with van der Waals surface area (Å²) < 4.78 is 5.42. The lowest BCUT2D eigenvalue weighted by atomic mass is 9.98. The predicted octanol–water partition coefficient (Wildman–Crippen LogP) is 3.92. The predicted molar refractivity (Wildman–Crippen MR) is 121 cm³/mol. The molecule has 0 aliphatic heterocycles. The van der Waals surface area contributed by atoms with Gasteiger partial charge < -0.3 is 20.5 Å². The monoisotopic (exact) mass is 438 g/mol. The maximum atomic E-state index is 12.2. The summed E-state index contributed by atoms with van der Waals surface area (Å²) in [5, 5.41) is 14.2. The van der Waals surface area contributed by atoms with Gasteiger partial charge in [0.25, 0.3) is 0 Å². The van der Waals surface area contributed by atoms with Crippen LogP contribution in [0.2, 0.25) is 0 Å². The topological polar surface area (TPSA) is 105 Å². The molecule has 7 heteroatoms. The molecule has 2 unspecified atom stereocenters. The lowest BCUT2D eigenvalue weighted by Gasteiger charge is -2.16. The molecule has 32 heavy (non-hydrogen) atoms. The average molecular weight is 439 g/mol. The molecule has 0 spiro atoms. The van der Waals surface area contributed by atoms with Gasteiger partial charge in [-0.05, 0) is 42.0 Å². The van der Waals surface area contributed by atoms with E-state index in [2.05, 4.69) is 22.8 Å². The quantitative estimate of drug-likeness (QED) is 0.521. The number of fused-ring (bicyclic) bond motifs is 3. The Morgan fingerprint density at radius 1 is 0.969 bits per heavy atom. The second kappa shape index (κ2) is 10.8. The van der Waals surface area contributed by atoms with Gasteiger partial charge in [-0.15, -0.1) is 0 Å². The van der Waals surface area contributed by atoms with Gasteiger partial charge in [-0.3, -0.25) is 9.59 Å². The Bertz CT molecular complexity index is 929. The molecule has 170 valence electrons. The Hall–Kier alpha value is -3.35. The van der Waals surface area contributed by atoms with Crippen LogP contribution in [0.25, 0.3) is 11.1 Å². The van der Waals surface area contributed by atoms with Crippen molar-refractivity contribution in [2.75, 3.05) is 13.2 Å². The zero-order valence-electron chi connectivity index (χ0n) is 18.5. The van der Waals surface area contributed by atoms with E-state index in [0.29, 0.717) is 19.3 Å². The number of rotatable bonds is 10. The van der Waals surface area contributed by atoms with Gasteiger partial charge in [0.1, 0.15) is 13.2 Å². The summed E-state index contributed by atoms with van der Waals surface area (Å²) in [6.07, 6.45) is 1.31. The molecule has 0 aromatic heterocycles. The van der Waals surface area contributed by atoms with Crippen molar-refractivity contribution in [1.82, 2.24) is 10.6 Å². The number of amides is 2. The van der Waals surface area contributed by atoms with Crippen LogP contribution in [-0.4, -0.2) is 42.3 Å². The molecule has 2 aromatic rings. The van der Waals surface area contributed by atoms with Crippen LogP contribution in [0.3, 0.4) is 0 Å². The van der Waals surface area contributed by atoms with Crippen LogP contribution in [0.1, 0.15) is 50.2 Å². The molecule has 3 N–H and O–H groups in total. The van der Waals surface area contributed by atoms with Crippen molar-refractivity contribution in [2.24, 2.45) is 5.92 Å². The SMILES string of the molecule is CC(CCCC(C)C(=O)O)NC(=O)CNC(=O)OCC1c2ccccc2-c2ccccc21. The number of nitrogens with one attached hydrogen (secondary N) is 2. The van der Waals surface area contributed by atoms with Crippen LogP contribution in [0.4, 0.5) is 4.79 Å². The van der Waals surface area contributed by atoms with E-state index in [1.807, 2.05) is 43.3 Å². The molecule has 0 heterocycles. The van der Waals surface area contributed by atoms with E-state index in [4.69, 9.17) is 9.84 Å². The summed E-state index contributed by atoms with van der Waals surface area (Å²) in [5.41, 5.74) is 4.57. The first-order chi connectivity index (χ1) is 15.4. The maximum absolute atomic E-state index is 12.2. The minimum absolute atomic E-state index is 0.0322. The number of aliphatic carboxylic acids is 1. The molecule has 3 rings (SSSR count). The fraction of sp³-hybridized carbons (Fsp3) is 0.400. The zero-order valence-corrected chi connectivity index (χ0v) is 18.5. The first-order valence-electron chi connectivity index (χ1n) is 11.0. The van der Waals surface area contributed by atoms with Gasteiger partial charge in [0.05, 0.1) is 5.92 Å². The zero-order chi connectivity index (χ0) is 23.1. The van der Waals surface area contributed by atoms with E-state index in [9.17, 15) is 14.4 Å². The summed E-state index contributed by atoms with van der Waals surface area (Å²) in [6, 6.07) is 16.1. The molecule has 0 fully saturated rings. The Morgan fingerprint density at radius 3 is 2.16 bits per heavy atom. The van der Waals surface area contributed by atoms with Gasteiger partial charge in [-0.2, -0.15) is 0 Å². The molecule has 0 radical (unpaired) electrons. The standard InChI is InChI=1S/C25H30N2O5/c1-16(24(29)30)8-7-9-17(2)27-23(28)14-26-25(31)32-15-22-20-12-5-3-10-18(20)19-11-4-6-13-21(19)22/h3-6,10-13,16-17,22H,7-9,14-15H2,1-2H3,(H,26,31)(H,27,28)(H,29,30). The second-order valence-corrected chi connectivity index (χ2v) is 8.32. The third kappa shape index (κ3) is 5.87. The van der Waals surface area contributed by atoms with Crippen molar-refractivity contribution < 1.29 is 24.2 Å². The molecule has 2 amide bonds. The molecule has 0 saturated heterocycles. The maximum Gasteiger partial charge on any atom is 0.407 e. The Kier molecular flexibility index (Phi) is 7.87. The number of hydrogen-bond acceptors (Lipinski definition) is 4. The molecular formula is C25H30N2O5. The molecule has 1 aliphatic rings. The van der Waals surface area contributed by atoms with Gasteiger partial charge in [-0.1, -0.05) is 61.9 Å². The highest BCUT2D eigenvalue weighted by Gasteiger charge is 2.29. The van der Waals surface area contributed by atoms with Crippen LogP contribution in [0.5, 0.6) is 0 Å². The minimum Gasteiger partial charge on any atom is -0.481 e. The lowest BCUT2D eigenvalue weighted by molar-refractivity contribution is -0.141. The number of ether oxygens (including phenoxy) is 1. The van der Waals surface area contributed by atoms with Crippen molar-refractivity contribution in [3.63, 3.8) is 0 Å². The van der Waals surface area contributed by atoms with E-state index in [1.54, 1.807) is 6.92 Å². The first-order valence-corrected chi connectivity index (χ1v) is 11.0. The summed E-state index contributed by atoms with van der Waals surface area (Å²) >= 11 is 0. The summed E-state index contributed by atoms with van der Waals surface area (Å²) in [4.78, 5) is 35.1. The van der Waals surface area contributed by atoms with Crippen molar-refractivity contribution in [2.45, 2.75) is 45.1 Å². The van der Waals surface area contributed by atoms with Crippen LogP contribution in [0.15, 0.2) is 48.5 Å². The molecule has 2 aromatic carbocycles. The molecular weight excluding hydrogens is 408 g/mol. The highest BCUT2D eigenvalue weighted by Crippen LogP contribution is 2.44. The van der Waals surface area contributed by atoms with Crippen molar-refractivity contribution in [3.05, 3.63) is 59.7 Å². The van der Waals surface area contributed by atoms with Crippen molar-refractivity contribution >= 4 is 18.0 Å². The highest BCUT2D eigenvalue weighted by atomic mass is 16.5. The van der Waals surface area contributed by atoms with Crippen LogP contribution >= 0.6 is 0 Å². The number of benzene rings is 2. The van der Waals surface area contributed by atoms with Gasteiger partial charge in [-0.25, -0.2) is 4.79 Å². The lowest BCUT2D eigenvalue weighted by Crippen LogP contribution is -2.41. The molecule has 0 saturated carbocycles. The van der Waals surface area contributed by atoms with Gasteiger partial charge in [0.2, 0.25) is 5.91 Å². The number of carbonyl (C=O) groups excluding carboxylic acids is 2. The van der Waals surface area contributed by atoms with E-state index in [1.165, 1.54) is 0 Å². The van der Waals surface area contributed by atoms with Crippen LogP contribution in [-0.2, 0) is 14.3 Å². The number of carboxylic acids is 1. The van der Waals surface area contributed by atoms with Crippen molar-refractivity contribution in [1.29, 1.82) is 0 Å². The second-order valence-electron chi connectivity index (χ2n) is 8.32. The smallest absolute Gasteiger partial charge is 0.407 e. The fourth-order valence-corrected chi connectivity index (χ4v) is 4.05. The van der Waals surface area contributed by atoms with Gasteiger partial charge in [0.15, 0.2) is 0 Å². The third-order valence-corrected chi connectivity index (χ3v) is 5.84. The minimum atomic E-state index is -0.811. The molecule has 1 aliphatic carbocycles. The number of carboxylic acid groups (broad SMARTS) is 1. The summed E-state index contributed by atoms with van der Waals surface area (Å²) in [6.45, 7) is 3.55. The Labute approximate surface area is 188 Å². The van der Waals surface area contributed by atoms with E-state index in [0.717, 1.165) is 22.3 Å². The Morgan fingerprint density at radius 2 is 1.56 bits per heavy atom. The molecule has 0 bridgehead atoms. The summed E-state index contributed by atoms with van der Waals surface area (Å²) in [7, 11) is 0. The van der Waals surface area contributed by atoms with Gasteiger partial charge >= 0.3 is 12.1 Å². The van der Waals surface area contributed by atoms with E-state index < -0.39 is 18.0 Å². The molecule has 7 nitrogen and oxygen atoms in total. The highest BCUT2D eigenvalue weighted by molar-refractivity contribution is 5.82. The van der Waals surface area contributed by atoms with Gasteiger partial charge in [0, 0.05) is 12.0 Å². The third-order valence-electron chi connectivity index (χ3n) is 5.84. The van der Waals surface area contributed by atoms with Crippen molar-refractivity contribution in [3.8, 4) is 11.1 Å². The van der Waals surface area contributed by atoms with Crippen LogP contribution < -0.4 is 10.6 Å². The number of hydrogen-bond donors (Lipinski definition) is 3. The fourth-order valence-electron chi connectivity index (χ4n) is 4.05. The normalized spacial score (nSPS) is 14.1. The first kappa shape index (κ1) is 23.3. The number of alkyl carbamates (subject to hydrolysis) is 1. The molecule has 2 atom stereocenters. The summed E-state index contributed by atoms with van der Waals surface area (Å²) in [5.74, 6) is -1.55. The van der Waals surface area contributed by atoms with E-state index >= 15 is 0 Å². The largest absolute Gasteiger partial charge is 0.481 e. The Balaban J connectivity index is 1.41. The van der Waals surface area contributed by atoms with Crippen LogP contribution in [0, 0.1) is 5.92 Å². The van der Waals surface area contributed by atoms with E-state index in [-0.39, 0.29) is 31.0 Å².